The zero-order valence-corrected chi connectivity index (χ0v) is 51.4. The van der Waals surface area contributed by atoms with Crippen LogP contribution in [0.5, 0.6) is 11.5 Å². The van der Waals surface area contributed by atoms with Gasteiger partial charge in [0.05, 0.1) is 24.6 Å². The molecule has 0 spiro atoms. The number of hydrogen-bond acceptors (Lipinski definition) is 16. The molecule has 2 unspecified atom stereocenters. The van der Waals surface area contributed by atoms with Crippen molar-refractivity contribution in [3.05, 3.63) is 158 Å². The summed E-state index contributed by atoms with van der Waals surface area (Å²) >= 11 is 0. The van der Waals surface area contributed by atoms with Crippen molar-refractivity contribution in [3.63, 3.8) is 0 Å². The maximum Gasteiger partial charge on any atom is 0.298 e. The Morgan fingerprint density at radius 1 is 0.667 bits per heavy atom. The highest BCUT2D eigenvalue weighted by Gasteiger charge is 2.27. The van der Waals surface area contributed by atoms with Crippen molar-refractivity contribution in [3.8, 4) is 45.9 Å². The van der Waals surface area contributed by atoms with Gasteiger partial charge in [-0.2, -0.15) is 0 Å². The normalized spacial score (nSPS) is 18.3. The molecule has 10 rings (SSSR count). The number of anilines is 6. The highest BCUT2D eigenvalue weighted by molar-refractivity contribution is 5.93. The average Bonchev–Trinajstić information content (AvgIpc) is 3.62. The molecular formula is C69H86N14O4. The predicted octanol–water partition coefficient (Wildman–Crippen LogP) is 10.2. The monoisotopic (exact) mass is 1170 g/mol. The Bertz CT molecular complexity index is 3380. The van der Waals surface area contributed by atoms with E-state index in [1.165, 1.54) is 17.2 Å². The molecule has 2 amide bonds. The van der Waals surface area contributed by atoms with Crippen LogP contribution in [0.1, 0.15) is 56.6 Å². The Kier molecular flexibility index (Phi) is 23.3. The molecule has 0 aliphatic carbocycles. The van der Waals surface area contributed by atoms with Crippen molar-refractivity contribution in [1.82, 2.24) is 49.3 Å². The summed E-state index contributed by atoms with van der Waals surface area (Å²) in [7, 11) is 8.54. The number of ether oxygens (including phenoxy) is 2. The molecule has 4 aromatic carbocycles. The molecule has 18 heteroatoms. The molecule has 12 bridgehead atoms. The zero-order chi connectivity index (χ0) is 60.7. The van der Waals surface area contributed by atoms with Gasteiger partial charge in [-0.05, 0) is 170 Å². The Morgan fingerprint density at radius 3 is 1.66 bits per heavy atom. The highest BCUT2D eigenvalue weighted by Crippen LogP contribution is 2.29. The minimum absolute atomic E-state index is 0.0220. The minimum atomic E-state index is -0.0682. The lowest BCUT2D eigenvalue weighted by molar-refractivity contribution is -0.128. The van der Waals surface area contributed by atoms with Crippen LogP contribution in [0, 0.1) is 11.8 Å². The van der Waals surface area contributed by atoms with Crippen LogP contribution in [0.4, 0.5) is 34.6 Å². The summed E-state index contributed by atoms with van der Waals surface area (Å²) in [5.74, 6) is 8.12. The number of rotatable bonds is 11. The van der Waals surface area contributed by atoms with Crippen LogP contribution in [0.25, 0.3) is 22.5 Å². The van der Waals surface area contributed by atoms with E-state index in [9.17, 15) is 9.59 Å². The Hall–Kier alpha value is -8.60. The number of likely N-dealkylation sites (N-methyl/N-ethyl adjacent to an activating group) is 4. The third kappa shape index (κ3) is 19.5. The number of fused-ring (bicyclic) bond motifs is 14. The lowest BCUT2D eigenvalue weighted by Gasteiger charge is -2.37. The molecule has 4 aliphatic rings. The molecule has 2 aromatic heterocycles. The molecule has 4 N–H and O–H groups in total. The molecule has 0 radical (unpaired) electrons. The predicted molar refractivity (Wildman–Crippen MR) is 351 cm³/mol. The van der Waals surface area contributed by atoms with E-state index in [2.05, 4.69) is 158 Å². The second kappa shape index (κ2) is 32.2. The Balaban J connectivity index is 0.000000208. The zero-order valence-electron chi connectivity index (χ0n) is 51.4. The van der Waals surface area contributed by atoms with Crippen LogP contribution in [0.2, 0.25) is 0 Å². The number of hydrogen-bond donors (Lipinski definition) is 4. The minimum Gasteiger partial charge on any atom is -0.493 e. The van der Waals surface area contributed by atoms with Crippen LogP contribution >= 0.6 is 0 Å². The number of nitrogens with one attached hydrogen (secondary N) is 4. The SMILES string of the molecule is C=CC(=O)N1CCCC(N(C)CCNc2cc3cc(c2)Nc2nccc(n2)-c2cccc(c2)OCC/C=C/CN(C)C3)C1.CC#CC(=O)N1CCCC(N(C)CCNc2cc3cc(c2)Nc2nccc(n2)-c2cccc(c2)OCC/C=C/CN(C)C3)C1. The first-order valence-corrected chi connectivity index (χ1v) is 30.6. The summed E-state index contributed by atoms with van der Waals surface area (Å²) in [6.07, 6.45) is 19.6. The molecule has 456 valence electrons. The van der Waals surface area contributed by atoms with E-state index in [0.29, 0.717) is 37.2 Å². The van der Waals surface area contributed by atoms with Crippen LogP contribution in [-0.4, -0.2) is 180 Å². The van der Waals surface area contributed by atoms with Crippen molar-refractivity contribution in [2.75, 3.05) is 128 Å². The summed E-state index contributed by atoms with van der Waals surface area (Å²) in [6, 6.07) is 33.5. The number of amides is 2. The van der Waals surface area contributed by atoms with Crippen molar-refractivity contribution < 1.29 is 19.1 Å². The first-order valence-electron chi connectivity index (χ1n) is 30.6. The molecule has 6 aromatic rings. The fourth-order valence-electron chi connectivity index (χ4n) is 11.3. The van der Waals surface area contributed by atoms with Crippen LogP contribution in [-0.2, 0) is 22.7 Å². The van der Waals surface area contributed by atoms with Crippen LogP contribution in [0.3, 0.4) is 0 Å². The molecule has 6 heterocycles. The van der Waals surface area contributed by atoms with E-state index >= 15 is 0 Å². The van der Waals surface area contributed by atoms with Crippen molar-refractivity contribution in [1.29, 1.82) is 0 Å². The number of benzene rings is 4. The van der Waals surface area contributed by atoms with Gasteiger partial charge in [-0.25, -0.2) is 19.9 Å². The Morgan fingerprint density at radius 2 is 1.16 bits per heavy atom. The largest absolute Gasteiger partial charge is 0.493 e. The summed E-state index contributed by atoms with van der Waals surface area (Å²) in [5.41, 5.74) is 9.94. The van der Waals surface area contributed by atoms with E-state index < -0.39 is 0 Å². The molecule has 4 aliphatic heterocycles. The molecule has 2 atom stereocenters. The standard InChI is InChI=1S/C35H43N7O2.C34H43N7O2/c1-4-10-34(43)42-18-9-12-31(26-42)41(3)19-16-36-29-21-27-22-30(24-29)38-35-37-15-14-33(39-35)28-11-8-13-32(23-28)44-20-7-5-6-17-40(2)25-27;1-4-33(42)41-17-9-11-30(25-41)40(3)18-15-35-28-20-26-21-29(23-28)37-34-36-14-13-32(38-34)27-10-8-12-31(22-27)43-19-7-5-6-16-39(2)24-26/h5-6,8,11,13-15,21-24,31,36H,7,9,12,16-20,25-26H2,1-3H3,(H,37,38,39);4-6,8,10,12-14,20-23,30,35H,1,7,9,11,15-19,24-25H2,2-3H3,(H,36,37,38)/b2*6-5+. The van der Waals surface area contributed by atoms with E-state index in [0.717, 1.165) is 174 Å². The van der Waals surface area contributed by atoms with Gasteiger partial charge >= 0.3 is 0 Å². The summed E-state index contributed by atoms with van der Waals surface area (Å²) in [5, 5.41) is 14.2. The molecule has 87 heavy (non-hydrogen) atoms. The van der Waals surface area contributed by atoms with Gasteiger partial charge < -0.3 is 40.5 Å². The molecule has 0 saturated carbocycles. The van der Waals surface area contributed by atoms with Gasteiger partial charge in [0.1, 0.15) is 11.5 Å². The summed E-state index contributed by atoms with van der Waals surface area (Å²) < 4.78 is 12.0. The number of likely N-dealkylation sites (tertiary alicyclic amines) is 2. The van der Waals surface area contributed by atoms with E-state index in [1.807, 2.05) is 70.5 Å². The number of nitrogens with zero attached hydrogens (tertiary/aromatic N) is 10. The molecule has 2 fully saturated rings. The smallest absolute Gasteiger partial charge is 0.298 e. The van der Waals surface area contributed by atoms with Crippen molar-refractivity contribution in [2.45, 2.75) is 70.6 Å². The average molecular weight is 1180 g/mol. The van der Waals surface area contributed by atoms with Gasteiger partial charge in [-0.3, -0.25) is 29.2 Å². The first kappa shape index (κ1) is 62.9. The quantitative estimate of drug-likeness (QED) is 0.0548. The van der Waals surface area contributed by atoms with Crippen LogP contribution < -0.4 is 30.7 Å². The maximum absolute atomic E-state index is 12.3. The van der Waals surface area contributed by atoms with Crippen molar-refractivity contribution in [2.24, 2.45) is 0 Å². The van der Waals surface area contributed by atoms with Crippen LogP contribution in [0.15, 0.2) is 146 Å². The fourth-order valence-corrected chi connectivity index (χ4v) is 11.3. The van der Waals surface area contributed by atoms with Crippen molar-refractivity contribution >= 4 is 46.5 Å². The third-order valence-electron chi connectivity index (χ3n) is 15.9. The van der Waals surface area contributed by atoms with Gasteiger partial charge in [0.25, 0.3) is 5.91 Å². The van der Waals surface area contributed by atoms with Gasteiger partial charge in [0.2, 0.25) is 17.8 Å². The van der Waals surface area contributed by atoms with E-state index in [-0.39, 0.29) is 11.8 Å². The van der Waals surface area contributed by atoms with E-state index in [1.54, 1.807) is 19.3 Å². The van der Waals surface area contributed by atoms with Gasteiger partial charge in [0, 0.05) is 137 Å². The second-order valence-electron chi connectivity index (χ2n) is 22.8. The summed E-state index contributed by atoms with van der Waals surface area (Å²) in [4.78, 5) is 56.2. The number of piperidine rings is 2. The van der Waals surface area contributed by atoms with Gasteiger partial charge in [-0.1, -0.05) is 61.1 Å². The number of aromatic nitrogens is 4. The highest BCUT2D eigenvalue weighted by atomic mass is 16.5. The summed E-state index contributed by atoms with van der Waals surface area (Å²) in [6.45, 7) is 16.3. The second-order valence-corrected chi connectivity index (χ2v) is 22.8. The third-order valence-corrected chi connectivity index (χ3v) is 15.9. The first-order chi connectivity index (χ1) is 42.4. The van der Waals surface area contributed by atoms with Gasteiger partial charge in [-0.15, -0.1) is 0 Å². The fraction of sp³-hybridized carbons (Fsp3) is 0.391. The molecule has 18 nitrogen and oxygen atoms in total. The van der Waals surface area contributed by atoms with E-state index in [4.69, 9.17) is 19.4 Å². The molecular weight excluding hydrogens is 1090 g/mol. The molecule has 2 saturated heterocycles. The van der Waals surface area contributed by atoms with Gasteiger partial charge in [0.15, 0.2) is 0 Å². The Labute approximate surface area is 514 Å². The maximum atomic E-state index is 12.3. The number of carbonyl (C=O) groups is 2. The lowest BCUT2D eigenvalue weighted by atomic mass is 10.0. The lowest BCUT2D eigenvalue weighted by Crippen LogP contribution is -2.49. The topological polar surface area (TPSA) is 172 Å². The number of carbonyl (C=O) groups excluding carboxylic acids is 2.